The van der Waals surface area contributed by atoms with Gasteiger partial charge in [0.15, 0.2) is 5.11 Å². The second-order valence-corrected chi connectivity index (χ2v) is 8.89. The van der Waals surface area contributed by atoms with Gasteiger partial charge in [-0.05, 0) is 72.9 Å². The standard InChI is InChI=1S/C28H27N5O3S/c1-35-18-25(34)30-19-12-14-20(15-13-19)33-27(26(31-28(33)37)21-8-5-6-16-29-21)23-10-7-17-32(23)22-9-3-4-11-24(22)36-2/h3-17,26-27H,18H2,1-2H3,(H,30,34)(H,31,37)/t26-,27-/m0/s1. The smallest absolute Gasteiger partial charge is 0.250 e. The third-order valence-corrected chi connectivity index (χ3v) is 6.55. The minimum atomic E-state index is -0.212. The number of hydrogen-bond donors (Lipinski definition) is 2. The minimum Gasteiger partial charge on any atom is -0.495 e. The van der Waals surface area contributed by atoms with Crippen molar-refractivity contribution in [2.24, 2.45) is 0 Å². The first kappa shape index (κ1) is 24.5. The molecular formula is C28H27N5O3S. The van der Waals surface area contributed by atoms with Gasteiger partial charge in [-0.1, -0.05) is 18.2 Å². The van der Waals surface area contributed by atoms with Crippen LogP contribution >= 0.6 is 12.2 Å². The maximum absolute atomic E-state index is 11.9. The predicted octanol–water partition coefficient (Wildman–Crippen LogP) is 4.64. The van der Waals surface area contributed by atoms with Crippen LogP contribution in [-0.2, 0) is 9.53 Å². The van der Waals surface area contributed by atoms with Crippen molar-refractivity contribution in [1.29, 1.82) is 0 Å². The summed E-state index contributed by atoms with van der Waals surface area (Å²) in [5, 5.41) is 6.91. The molecule has 1 saturated heterocycles. The van der Waals surface area contributed by atoms with Gasteiger partial charge in [-0.3, -0.25) is 9.78 Å². The number of ether oxygens (including phenoxy) is 2. The maximum Gasteiger partial charge on any atom is 0.250 e. The van der Waals surface area contributed by atoms with Crippen LogP contribution in [0.5, 0.6) is 5.75 Å². The summed E-state index contributed by atoms with van der Waals surface area (Å²) in [6.07, 6.45) is 3.81. The number of hydrogen-bond acceptors (Lipinski definition) is 5. The predicted molar refractivity (Wildman–Crippen MR) is 147 cm³/mol. The van der Waals surface area contributed by atoms with E-state index in [1.807, 2.05) is 79.0 Å². The van der Waals surface area contributed by atoms with Crippen molar-refractivity contribution in [3.05, 3.63) is 103 Å². The minimum absolute atomic E-state index is 0.00432. The third kappa shape index (κ3) is 4.91. The van der Waals surface area contributed by atoms with Crippen molar-refractivity contribution >= 4 is 34.6 Å². The average molecular weight is 514 g/mol. The molecule has 37 heavy (non-hydrogen) atoms. The molecule has 5 rings (SSSR count). The monoisotopic (exact) mass is 513 g/mol. The molecule has 2 atom stereocenters. The van der Waals surface area contributed by atoms with Crippen LogP contribution in [0.2, 0.25) is 0 Å². The van der Waals surface area contributed by atoms with Crippen molar-refractivity contribution in [2.45, 2.75) is 12.1 Å². The summed E-state index contributed by atoms with van der Waals surface area (Å²) in [4.78, 5) is 18.7. The van der Waals surface area contributed by atoms with Gasteiger partial charge in [-0.15, -0.1) is 0 Å². The fourth-order valence-electron chi connectivity index (χ4n) is 4.65. The van der Waals surface area contributed by atoms with E-state index in [1.165, 1.54) is 7.11 Å². The van der Waals surface area contributed by atoms with Gasteiger partial charge in [0.2, 0.25) is 5.91 Å². The third-order valence-electron chi connectivity index (χ3n) is 6.23. The molecular weight excluding hydrogens is 486 g/mol. The Balaban J connectivity index is 1.58. The van der Waals surface area contributed by atoms with Crippen LogP contribution in [-0.4, -0.2) is 41.4 Å². The highest BCUT2D eigenvalue weighted by Gasteiger charge is 2.42. The summed E-state index contributed by atoms with van der Waals surface area (Å²) in [7, 11) is 3.16. The van der Waals surface area contributed by atoms with Crippen LogP contribution in [0, 0.1) is 0 Å². The Labute approximate surface area is 220 Å². The number of benzene rings is 2. The van der Waals surface area contributed by atoms with E-state index in [9.17, 15) is 4.79 Å². The number of para-hydroxylation sites is 2. The van der Waals surface area contributed by atoms with Gasteiger partial charge >= 0.3 is 0 Å². The summed E-state index contributed by atoms with van der Waals surface area (Å²) in [5.74, 6) is 0.557. The van der Waals surface area contributed by atoms with E-state index in [4.69, 9.17) is 21.7 Å². The number of anilines is 2. The molecule has 4 aromatic rings. The quantitative estimate of drug-likeness (QED) is 0.332. The average Bonchev–Trinajstić information content (AvgIpc) is 3.54. The second kappa shape index (κ2) is 10.8. The van der Waals surface area contributed by atoms with Crippen LogP contribution in [0.1, 0.15) is 23.5 Å². The highest BCUT2D eigenvalue weighted by molar-refractivity contribution is 7.80. The van der Waals surface area contributed by atoms with Crippen LogP contribution in [0.4, 0.5) is 11.4 Å². The number of thiocarbonyl (C=S) groups is 1. The van der Waals surface area contributed by atoms with Crippen LogP contribution in [0.15, 0.2) is 91.3 Å². The molecule has 0 spiro atoms. The van der Waals surface area contributed by atoms with Gasteiger partial charge in [-0.25, -0.2) is 0 Å². The summed E-state index contributed by atoms with van der Waals surface area (Å²) in [6.45, 7) is -0.00432. The first-order valence-corrected chi connectivity index (χ1v) is 12.2. The lowest BCUT2D eigenvalue weighted by Gasteiger charge is -2.29. The number of nitrogens with one attached hydrogen (secondary N) is 2. The molecule has 0 radical (unpaired) electrons. The van der Waals surface area contributed by atoms with Crippen molar-refractivity contribution in [3.63, 3.8) is 0 Å². The topological polar surface area (TPSA) is 80.7 Å². The number of pyridine rings is 1. The van der Waals surface area contributed by atoms with E-state index in [0.717, 1.165) is 28.5 Å². The molecule has 1 amide bonds. The molecule has 2 aromatic carbocycles. The van der Waals surface area contributed by atoms with Crippen molar-refractivity contribution < 1.29 is 14.3 Å². The van der Waals surface area contributed by atoms with Gasteiger partial charge in [0.1, 0.15) is 18.4 Å². The molecule has 0 bridgehead atoms. The van der Waals surface area contributed by atoms with Gasteiger partial charge in [0.25, 0.3) is 0 Å². The molecule has 2 aromatic heterocycles. The maximum atomic E-state index is 11.9. The van der Waals surface area contributed by atoms with Crippen molar-refractivity contribution in [3.8, 4) is 11.4 Å². The number of amides is 1. The SMILES string of the molecule is COCC(=O)Nc1ccc(N2C(=S)N[C@@H](c3ccccn3)[C@@H]2c2cccn2-c2ccccc2OC)cc1. The van der Waals surface area contributed by atoms with Crippen LogP contribution < -0.4 is 20.3 Å². The molecule has 9 heteroatoms. The Hall–Kier alpha value is -4.21. The largest absolute Gasteiger partial charge is 0.495 e. The molecule has 3 heterocycles. The lowest BCUT2D eigenvalue weighted by Crippen LogP contribution is -2.30. The highest BCUT2D eigenvalue weighted by atomic mass is 32.1. The van der Waals surface area contributed by atoms with Gasteiger partial charge in [0, 0.05) is 36.6 Å². The van der Waals surface area contributed by atoms with E-state index in [-0.39, 0.29) is 24.6 Å². The first-order valence-electron chi connectivity index (χ1n) is 11.8. The molecule has 0 unspecified atom stereocenters. The van der Waals surface area contributed by atoms with E-state index in [2.05, 4.69) is 31.2 Å². The number of aromatic nitrogens is 2. The van der Waals surface area contributed by atoms with Gasteiger partial charge in [0.05, 0.1) is 24.5 Å². The Bertz CT molecular complexity index is 1390. The van der Waals surface area contributed by atoms with E-state index < -0.39 is 0 Å². The Morgan fingerprint density at radius 1 is 1.03 bits per heavy atom. The lowest BCUT2D eigenvalue weighted by atomic mass is 10.0. The number of carbonyl (C=O) groups is 1. The van der Waals surface area contributed by atoms with E-state index in [0.29, 0.717) is 10.8 Å². The van der Waals surface area contributed by atoms with Crippen molar-refractivity contribution in [1.82, 2.24) is 14.9 Å². The summed E-state index contributed by atoms with van der Waals surface area (Å²) in [5.41, 5.74) is 4.40. The molecule has 0 saturated carbocycles. The summed E-state index contributed by atoms with van der Waals surface area (Å²) < 4.78 is 12.7. The van der Waals surface area contributed by atoms with E-state index in [1.54, 1.807) is 13.3 Å². The number of carbonyl (C=O) groups excluding carboxylic acids is 1. The fraction of sp³-hybridized carbons (Fsp3) is 0.179. The number of nitrogens with zero attached hydrogens (tertiary/aromatic N) is 3. The normalized spacial score (nSPS) is 16.9. The number of methoxy groups -OCH3 is 2. The highest BCUT2D eigenvalue weighted by Crippen LogP contribution is 2.43. The first-order chi connectivity index (χ1) is 18.1. The van der Waals surface area contributed by atoms with Crippen LogP contribution in [0.3, 0.4) is 0 Å². The molecule has 0 aliphatic carbocycles. The molecule has 188 valence electrons. The molecule has 2 N–H and O–H groups in total. The van der Waals surface area contributed by atoms with Gasteiger partial charge < -0.3 is 29.6 Å². The zero-order valence-corrected chi connectivity index (χ0v) is 21.3. The van der Waals surface area contributed by atoms with E-state index >= 15 is 0 Å². The Morgan fingerprint density at radius 3 is 2.54 bits per heavy atom. The molecule has 1 aliphatic heterocycles. The molecule has 1 fully saturated rings. The molecule has 1 aliphatic rings. The molecule has 8 nitrogen and oxygen atoms in total. The zero-order valence-electron chi connectivity index (χ0n) is 20.5. The van der Waals surface area contributed by atoms with Crippen LogP contribution in [0.25, 0.3) is 5.69 Å². The lowest BCUT2D eigenvalue weighted by molar-refractivity contribution is -0.119. The van der Waals surface area contributed by atoms with Gasteiger partial charge in [-0.2, -0.15) is 0 Å². The summed E-state index contributed by atoms with van der Waals surface area (Å²) >= 11 is 5.86. The fourth-order valence-corrected chi connectivity index (χ4v) is 5.00. The number of rotatable bonds is 8. The zero-order chi connectivity index (χ0) is 25.8. The summed E-state index contributed by atoms with van der Waals surface area (Å²) in [6, 6.07) is 25.1. The Kier molecular flexibility index (Phi) is 7.16. The van der Waals surface area contributed by atoms with Crippen molar-refractivity contribution in [2.75, 3.05) is 31.0 Å². The second-order valence-electron chi connectivity index (χ2n) is 8.50. The Morgan fingerprint density at radius 2 is 1.81 bits per heavy atom.